The maximum atomic E-state index is 11.7. The molecule has 1 rings (SSSR count). The first-order chi connectivity index (χ1) is 9.82. The second-order valence-electron chi connectivity index (χ2n) is 4.28. The van der Waals surface area contributed by atoms with E-state index in [0.717, 1.165) is 10.0 Å². The zero-order chi connectivity index (χ0) is 16.0. The van der Waals surface area contributed by atoms with Crippen LogP contribution in [0.4, 0.5) is 4.79 Å². The van der Waals surface area contributed by atoms with Crippen LogP contribution in [0.2, 0.25) is 0 Å². The van der Waals surface area contributed by atoms with Gasteiger partial charge >= 0.3 is 12.0 Å². The van der Waals surface area contributed by atoms with Gasteiger partial charge in [0.05, 0.1) is 0 Å². The number of carboxylic acid groups (broad SMARTS) is 1. The first-order valence-corrected chi connectivity index (χ1v) is 6.85. The van der Waals surface area contributed by atoms with Crippen molar-refractivity contribution in [3.63, 3.8) is 0 Å². The third kappa shape index (κ3) is 5.03. The first-order valence-electron chi connectivity index (χ1n) is 6.06. The van der Waals surface area contributed by atoms with E-state index in [1.54, 1.807) is 0 Å². The van der Waals surface area contributed by atoms with Gasteiger partial charge in [0.15, 0.2) is 0 Å². The van der Waals surface area contributed by atoms with Gasteiger partial charge in [-0.2, -0.15) is 0 Å². The minimum atomic E-state index is -1.20. The van der Waals surface area contributed by atoms with Crippen molar-refractivity contribution in [2.24, 2.45) is 0 Å². The summed E-state index contributed by atoms with van der Waals surface area (Å²) in [6.07, 6.45) is 0. The van der Waals surface area contributed by atoms with Crippen molar-refractivity contribution in [3.8, 4) is 0 Å². The van der Waals surface area contributed by atoms with E-state index in [4.69, 9.17) is 5.11 Å². The van der Waals surface area contributed by atoms with Crippen LogP contribution in [0.5, 0.6) is 0 Å². The summed E-state index contributed by atoms with van der Waals surface area (Å²) in [5.74, 6) is -1.93. The molecule has 0 spiro atoms. The van der Waals surface area contributed by atoms with Crippen LogP contribution < -0.4 is 10.6 Å². The van der Waals surface area contributed by atoms with Crippen LogP contribution in [0, 0.1) is 0 Å². The number of hydrogen-bond donors (Lipinski definition) is 3. The van der Waals surface area contributed by atoms with Gasteiger partial charge in [0.25, 0.3) is 5.91 Å². The Bertz CT molecular complexity index is 611. The summed E-state index contributed by atoms with van der Waals surface area (Å²) >= 11 is 3.34. The lowest BCUT2D eigenvalue weighted by atomic mass is 10.1. The molecule has 21 heavy (non-hydrogen) atoms. The molecule has 0 bridgehead atoms. The Balaban J connectivity index is 2.59. The predicted octanol–water partition coefficient (Wildman–Crippen LogP) is 2.20. The van der Waals surface area contributed by atoms with Crippen molar-refractivity contribution >= 4 is 33.8 Å². The fourth-order valence-electron chi connectivity index (χ4n) is 1.39. The fourth-order valence-corrected chi connectivity index (χ4v) is 1.81. The number of benzene rings is 1. The van der Waals surface area contributed by atoms with Gasteiger partial charge in [-0.3, -0.25) is 10.1 Å². The van der Waals surface area contributed by atoms with Crippen LogP contribution in [0.1, 0.15) is 19.4 Å². The first kappa shape index (κ1) is 16.9. The van der Waals surface area contributed by atoms with Gasteiger partial charge in [0.2, 0.25) is 0 Å². The summed E-state index contributed by atoms with van der Waals surface area (Å²) in [6, 6.07) is 6.65. The number of halogens is 1. The third-order valence-electron chi connectivity index (χ3n) is 2.85. The molecule has 0 saturated carbocycles. The molecule has 7 heteroatoms. The van der Waals surface area contributed by atoms with Crippen molar-refractivity contribution < 1.29 is 19.5 Å². The van der Waals surface area contributed by atoms with Crippen LogP contribution in [0.25, 0.3) is 0 Å². The summed E-state index contributed by atoms with van der Waals surface area (Å²) in [6.45, 7) is 2.89. The van der Waals surface area contributed by atoms with E-state index < -0.39 is 17.9 Å². The number of carboxylic acids is 1. The number of nitrogens with one attached hydrogen (secondary N) is 2. The number of rotatable bonds is 4. The van der Waals surface area contributed by atoms with E-state index in [1.807, 2.05) is 24.3 Å². The van der Waals surface area contributed by atoms with E-state index in [0.29, 0.717) is 0 Å². The fraction of sp³-hybridized carbons (Fsp3) is 0.214. The molecule has 3 N–H and O–H groups in total. The van der Waals surface area contributed by atoms with Crippen LogP contribution >= 0.6 is 15.9 Å². The SMILES string of the molecule is CC(C(=O)O)=C(C)C(=O)NC(=O)NCc1ccccc1Br. The highest BCUT2D eigenvalue weighted by atomic mass is 79.9. The van der Waals surface area contributed by atoms with E-state index in [2.05, 4.69) is 26.6 Å². The Kier molecular flexibility index (Phi) is 6.10. The highest BCUT2D eigenvalue weighted by molar-refractivity contribution is 9.10. The molecule has 0 aliphatic rings. The zero-order valence-electron chi connectivity index (χ0n) is 11.6. The lowest BCUT2D eigenvalue weighted by Gasteiger charge is -2.09. The maximum Gasteiger partial charge on any atom is 0.331 e. The zero-order valence-corrected chi connectivity index (χ0v) is 13.2. The van der Waals surface area contributed by atoms with Crippen molar-refractivity contribution in [1.82, 2.24) is 10.6 Å². The van der Waals surface area contributed by atoms with E-state index in [1.165, 1.54) is 13.8 Å². The smallest absolute Gasteiger partial charge is 0.331 e. The highest BCUT2D eigenvalue weighted by Gasteiger charge is 2.15. The second-order valence-corrected chi connectivity index (χ2v) is 5.14. The molecule has 0 fully saturated rings. The molecule has 0 saturated heterocycles. The number of aliphatic carboxylic acids is 1. The largest absolute Gasteiger partial charge is 0.478 e. The summed E-state index contributed by atoms with van der Waals surface area (Å²) in [5, 5.41) is 13.4. The van der Waals surface area contributed by atoms with Crippen molar-refractivity contribution in [2.75, 3.05) is 0 Å². The lowest BCUT2D eigenvalue weighted by Crippen LogP contribution is -2.39. The molecule has 0 aliphatic carbocycles. The molecule has 1 aromatic rings. The molecule has 3 amide bonds. The molecule has 0 atom stereocenters. The molecule has 0 aromatic heterocycles. The number of urea groups is 1. The van der Waals surface area contributed by atoms with Crippen LogP contribution in [-0.4, -0.2) is 23.0 Å². The van der Waals surface area contributed by atoms with Gasteiger partial charge in [-0.15, -0.1) is 0 Å². The van der Waals surface area contributed by atoms with Crippen LogP contribution in [0.3, 0.4) is 0 Å². The summed E-state index contributed by atoms with van der Waals surface area (Å²) < 4.78 is 0.842. The third-order valence-corrected chi connectivity index (χ3v) is 3.62. The standard InChI is InChI=1S/C14H15BrN2O4/c1-8(9(2)13(19)20)12(18)17-14(21)16-7-10-5-3-4-6-11(10)15/h3-6H,7H2,1-2H3,(H,19,20)(H2,16,17,18,21). The lowest BCUT2D eigenvalue weighted by molar-refractivity contribution is -0.133. The van der Waals surface area contributed by atoms with E-state index >= 15 is 0 Å². The average molecular weight is 355 g/mol. The molecular weight excluding hydrogens is 340 g/mol. The Hall–Kier alpha value is -2.15. The highest BCUT2D eigenvalue weighted by Crippen LogP contribution is 2.15. The summed E-state index contributed by atoms with van der Waals surface area (Å²) in [4.78, 5) is 34.0. The summed E-state index contributed by atoms with van der Waals surface area (Å²) in [7, 11) is 0. The minimum absolute atomic E-state index is 0.0152. The Morgan fingerprint density at radius 1 is 1.14 bits per heavy atom. The van der Waals surface area contributed by atoms with Crippen LogP contribution in [0.15, 0.2) is 39.9 Å². The molecule has 1 aromatic carbocycles. The molecule has 0 aliphatic heterocycles. The van der Waals surface area contributed by atoms with Crippen molar-refractivity contribution in [3.05, 3.63) is 45.4 Å². The molecule has 6 nitrogen and oxygen atoms in total. The number of carbonyl (C=O) groups is 3. The van der Waals surface area contributed by atoms with Crippen molar-refractivity contribution in [2.45, 2.75) is 20.4 Å². The average Bonchev–Trinajstić information content (AvgIpc) is 2.44. The molecule has 0 heterocycles. The van der Waals surface area contributed by atoms with Gasteiger partial charge in [0.1, 0.15) is 0 Å². The molecular formula is C14H15BrN2O4. The Labute approximate surface area is 130 Å². The minimum Gasteiger partial charge on any atom is -0.478 e. The predicted molar refractivity (Wildman–Crippen MR) is 80.5 cm³/mol. The van der Waals surface area contributed by atoms with Gasteiger partial charge in [-0.1, -0.05) is 34.1 Å². The quantitative estimate of drug-likeness (QED) is 0.722. The van der Waals surface area contributed by atoms with Gasteiger partial charge in [-0.25, -0.2) is 9.59 Å². The van der Waals surface area contributed by atoms with Gasteiger partial charge in [-0.05, 0) is 25.5 Å². The second kappa shape index (κ2) is 7.58. The number of carbonyl (C=O) groups excluding carboxylic acids is 2. The number of amides is 3. The van der Waals surface area contributed by atoms with E-state index in [-0.39, 0.29) is 17.7 Å². The summed E-state index contributed by atoms with van der Waals surface area (Å²) in [5.41, 5.74) is 0.735. The van der Waals surface area contributed by atoms with E-state index in [9.17, 15) is 14.4 Å². The van der Waals surface area contributed by atoms with Gasteiger partial charge < -0.3 is 10.4 Å². The molecule has 112 valence electrons. The van der Waals surface area contributed by atoms with Gasteiger partial charge in [0, 0.05) is 22.2 Å². The Morgan fingerprint density at radius 3 is 2.33 bits per heavy atom. The topological polar surface area (TPSA) is 95.5 Å². The van der Waals surface area contributed by atoms with Crippen molar-refractivity contribution in [1.29, 1.82) is 0 Å². The van der Waals surface area contributed by atoms with Crippen LogP contribution in [-0.2, 0) is 16.1 Å². The molecule has 0 radical (unpaired) electrons. The normalized spacial score (nSPS) is 11.4. The number of imide groups is 1. The Morgan fingerprint density at radius 2 is 1.76 bits per heavy atom. The number of hydrogen-bond acceptors (Lipinski definition) is 3. The molecule has 0 unspecified atom stereocenters. The maximum absolute atomic E-state index is 11.7. The monoisotopic (exact) mass is 354 g/mol.